The molecule has 0 saturated heterocycles. The quantitative estimate of drug-likeness (QED) is 0.323. The number of hydrogen-bond acceptors (Lipinski definition) is 4. The van der Waals surface area contributed by atoms with E-state index in [-0.39, 0.29) is 29.3 Å². The van der Waals surface area contributed by atoms with Crippen molar-refractivity contribution in [3.63, 3.8) is 0 Å². The van der Waals surface area contributed by atoms with Gasteiger partial charge in [-0.3, -0.25) is 4.79 Å². The first-order valence-electron chi connectivity index (χ1n) is 9.75. The number of rotatable bonds is 6. The number of aldehydes is 1. The molecule has 0 radical (unpaired) electrons. The fourth-order valence-electron chi connectivity index (χ4n) is 5.53. The molecule has 1 N–H and O–H groups in total. The number of carboxylic acids is 1. The molecule has 0 aromatic rings. The normalized spacial score (nSPS) is 36.4. The van der Waals surface area contributed by atoms with Crippen LogP contribution in [-0.2, 0) is 19.1 Å². The monoisotopic (exact) mass is 376 g/mol. The molecule has 0 unspecified atom stereocenters. The Morgan fingerprint density at radius 2 is 2.00 bits per heavy atom. The van der Waals surface area contributed by atoms with Crippen LogP contribution in [0.2, 0.25) is 0 Å². The zero-order chi connectivity index (χ0) is 20.4. The van der Waals surface area contributed by atoms with Crippen LogP contribution in [0.1, 0.15) is 66.7 Å². The van der Waals surface area contributed by atoms with E-state index in [9.17, 15) is 14.4 Å². The van der Waals surface area contributed by atoms with Crippen LogP contribution >= 0.6 is 0 Å². The van der Waals surface area contributed by atoms with Crippen molar-refractivity contribution in [3.05, 3.63) is 23.3 Å². The Morgan fingerprint density at radius 3 is 2.56 bits per heavy atom. The molecule has 1 fully saturated rings. The van der Waals surface area contributed by atoms with Gasteiger partial charge in [-0.05, 0) is 70.1 Å². The lowest BCUT2D eigenvalue weighted by atomic mass is 9.47. The second-order valence-corrected chi connectivity index (χ2v) is 8.78. The first-order valence-corrected chi connectivity index (χ1v) is 9.75. The van der Waals surface area contributed by atoms with Crippen LogP contribution < -0.4 is 0 Å². The molecular weight excluding hydrogens is 344 g/mol. The zero-order valence-corrected chi connectivity index (χ0v) is 17.1. The lowest BCUT2D eigenvalue weighted by Gasteiger charge is -2.58. The molecule has 0 spiro atoms. The average molecular weight is 376 g/mol. The molecule has 0 aliphatic heterocycles. The van der Waals surface area contributed by atoms with E-state index < -0.39 is 11.4 Å². The van der Waals surface area contributed by atoms with Crippen molar-refractivity contribution in [2.24, 2.45) is 22.7 Å². The molecule has 0 aromatic heterocycles. The number of carboxylic acid groups (broad SMARTS) is 1. The molecule has 150 valence electrons. The second kappa shape index (κ2) is 7.99. The molecule has 27 heavy (non-hydrogen) atoms. The molecule has 5 nitrogen and oxygen atoms in total. The number of aliphatic carboxylic acids is 1. The minimum atomic E-state index is -0.914. The highest BCUT2D eigenvalue weighted by Crippen LogP contribution is 2.60. The number of carbonyl (C=O) groups excluding carboxylic acids is 2. The van der Waals surface area contributed by atoms with Crippen molar-refractivity contribution in [1.82, 2.24) is 0 Å². The maximum absolute atomic E-state index is 12.2. The Balaban J connectivity index is 2.31. The maximum Gasteiger partial charge on any atom is 0.328 e. The first kappa shape index (κ1) is 21.4. The molecule has 0 heterocycles. The van der Waals surface area contributed by atoms with Crippen molar-refractivity contribution in [2.75, 3.05) is 0 Å². The predicted octanol–water partition coefficient (Wildman–Crippen LogP) is 4.32. The summed E-state index contributed by atoms with van der Waals surface area (Å²) < 4.78 is 5.53. The second-order valence-electron chi connectivity index (χ2n) is 8.78. The number of carbonyl (C=O) groups is 3. The Morgan fingerprint density at radius 1 is 1.33 bits per heavy atom. The Kier molecular flexibility index (Phi) is 6.33. The molecule has 0 amide bonds. The van der Waals surface area contributed by atoms with Gasteiger partial charge in [0.25, 0.3) is 0 Å². The van der Waals surface area contributed by atoms with Crippen molar-refractivity contribution in [2.45, 2.75) is 72.8 Å². The van der Waals surface area contributed by atoms with Crippen LogP contribution in [0.25, 0.3) is 0 Å². The summed E-state index contributed by atoms with van der Waals surface area (Å²) in [4.78, 5) is 34.6. The minimum absolute atomic E-state index is 0.0748. The Hall–Kier alpha value is -1.91. The van der Waals surface area contributed by atoms with Crippen LogP contribution in [0.5, 0.6) is 0 Å². The van der Waals surface area contributed by atoms with Gasteiger partial charge in [0.15, 0.2) is 0 Å². The van der Waals surface area contributed by atoms with E-state index in [0.29, 0.717) is 6.42 Å². The third-order valence-corrected chi connectivity index (χ3v) is 6.97. The summed E-state index contributed by atoms with van der Waals surface area (Å²) >= 11 is 0. The first-order chi connectivity index (χ1) is 12.5. The van der Waals surface area contributed by atoms with Crippen molar-refractivity contribution in [3.8, 4) is 0 Å². The van der Waals surface area contributed by atoms with Crippen molar-refractivity contribution >= 4 is 18.2 Å². The van der Waals surface area contributed by atoms with E-state index in [1.807, 2.05) is 13.8 Å². The highest BCUT2D eigenvalue weighted by Gasteiger charge is 2.58. The Labute approximate surface area is 161 Å². The largest absolute Gasteiger partial charge is 0.478 e. The van der Waals surface area contributed by atoms with E-state index in [2.05, 4.69) is 19.9 Å². The van der Waals surface area contributed by atoms with E-state index in [4.69, 9.17) is 9.84 Å². The molecule has 2 aliphatic rings. The standard InChI is InChI=1S/C22H32O5/c1-14(12-20(25)26)6-8-17-15(2)7-9-18-21(17,4)11-10-19(27-16(3)24)22(18,5)13-23/h7,12-13,17-19H,6,8-11H2,1-5H3,(H,25,26)/b14-12+/t17-,18+,19+,21+,22+/m1/s1. The molecule has 0 aromatic carbocycles. The molecule has 5 heteroatoms. The van der Waals surface area contributed by atoms with E-state index in [1.54, 1.807) is 0 Å². The lowest BCUT2D eigenvalue weighted by molar-refractivity contribution is -0.174. The zero-order valence-electron chi connectivity index (χ0n) is 17.1. The summed E-state index contributed by atoms with van der Waals surface area (Å²) in [5.41, 5.74) is 1.39. The summed E-state index contributed by atoms with van der Waals surface area (Å²) in [6.45, 7) is 9.56. The number of ether oxygens (including phenoxy) is 1. The van der Waals surface area contributed by atoms with E-state index in [1.165, 1.54) is 18.6 Å². The van der Waals surface area contributed by atoms with Gasteiger partial charge in [0, 0.05) is 13.0 Å². The van der Waals surface area contributed by atoms with Gasteiger partial charge in [0.05, 0.1) is 5.41 Å². The molecule has 5 atom stereocenters. The highest BCUT2D eigenvalue weighted by molar-refractivity contribution is 5.80. The minimum Gasteiger partial charge on any atom is -0.478 e. The van der Waals surface area contributed by atoms with Gasteiger partial charge >= 0.3 is 11.9 Å². The lowest BCUT2D eigenvalue weighted by Crippen LogP contribution is -2.57. The van der Waals surface area contributed by atoms with Gasteiger partial charge in [0.2, 0.25) is 0 Å². The van der Waals surface area contributed by atoms with Gasteiger partial charge in [-0.2, -0.15) is 0 Å². The molecule has 2 rings (SSSR count). The number of hydrogen-bond donors (Lipinski definition) is 1. The van der Waals surface area contributed by atoms with E-state index >= 15 is 0 Å². The van der Waals surface area contributed by atoms with Gasteiger partial charge in [-0.25, -0.2) is 4.79 Å². The van der Waals surface area contributed by atoms with Crippen LogP contribution in [0.4, 0.5) is 0 Å². The van der Waals surface area contributed by atoms with Crippen molar-refractivity contribution < 1.29 is 24.2 Å². The third kappa shape index (κ3) is 4.17. The molecular formula is C22H32O5. The fourth-order valence-corrected chi connectivity index (χ4v) is 5.53. The van der Waals surface area contributed by atoms with Gasteiger partial charge < -0.3 is 14.6 Å². The van der Waals surface area contributed by atoms with Gasteiger partial charge in [-0.15, -0.1) is 0 Å². The van der Waals surface area contributed by atoms with Crippen LogP contribution in [0.15, 0.2) is 23.3 Å². The van der Waals surface area contributed by atoms with Crippen LogP contribution in [-0.4, -0.2) is 29.4 Å². The van der Waals surface area contributed by atoms with Crippen LogP contribution in [0, 0.1) is 22.7 Å². The predicted molar refractivity (Wildman–Crippen MR) is 103 cm³/mol. The summed E-state index contributed by atoms with van der Waals surface area (Å²) in [5, 5.41) is 8.94. The van der Waals surface area contributed by atoms with Gasteiger partial charge in [-0.1, -0.05) is 24.1 Å². The van der Waals surface area contributed by atoms with Gasteiger partial charge in [0.1, 0.15) is 12.4 Å². The summed E-state index contributed by atoms with van der Waals surface area (Å²) in [5.74, 6) is -0.878. The van der Waals surface area contributed by atoms with E-state index in [0.717, 1.165) is 37.5 Å². The Bertz CT molecular complexity index is 676. The SMILES string of the molecule is CC(=O)O[C@H]1CC[C@@]2(C)[C@H](CC/C(C)=C/C(=O)O)C(C)=CC[C@@H]2[C@]1(C)C=O. The third-order valence-electron chi connectivity index (χ3n) is 6.97. The summed E-state index contributed by atoms with van der Waals surface area (Å²) in [6, 6.07) is 0. The van der Waals surface area contributed by atoms with Crippen LogP contribution in [0.3, 0.4) is 0 Å². The topological polar surface area (TPSA) is 80.7 Å². The number of allylic oxidation sites excluding steroid dienone is 3. The number of esters is 1. The highest BCUT2D eigenvalue weighted by atomic mass is 16.5. The molecule has 1 saturated carbocycles. The fraction of sp³-hybridized carbons (Fsp3) is 0.682. The van der Waals surface area contributed by atoms with Crippen molar-refractivity contribution in [1.29, 1.82) is 0 Å². The average Bonchev–Trinajstić information content (AvgIpc) is 2.56. The molecule has 0 bridgehead atoms. The maximum atomic E-state index is 12.2. The number of fused-ring (bicyclic) bond motifs is 1. The summed E-state index contributed by atoms with van der Waals surface area (Å²) in [6.07, 6.45) is 8.03. The molecule has 2 aliphatic carbocycles. The smallest absolute Gasteiger partial charge is 0.328 e. The summed E-state index contributed by atoms with van der Waals surface area (Å²) in [7, 11) is 0.